The molecule has 0 unspecified atom stereocenters. The SMILES string of the molecule is CCN(CC)c1ncc(NC)c2ccc(Cl)cc12. The van der Waals surface area contributed by atoms with E-state index in [1.54, 1.807) is 0 Å². The molecule has 0 fully saturated rings. The number of fused-ring (bicyclic) bond motifs is 1. The Morgan fingerprint density at radius 2 is 1.94 bits per heavy atom. The Morgan fingerprint density at radius 3 is 2.56 bits per heavy atom. The first-order chi connectivity index (χ1) is 8.71. The summed E-state index contributed by atoms with van der Waals surface area (Å²) in [6.45, 7) is 6.13. The van der Waals surface area contributed by atoms with Gasteiger partial charge in [-0.05, 0) is 26.0 Å². The molecule has 2 rings (SSSR count). The van der Waals surface area contributed by atoms with E-state index in [1.165, 1.54) is 0 Å². The Labute approximate surface area is 113 Å². The van der Waals surface area contributed by atoms with Gasteiger partial charge in [0.05, 0.1) is 11.9 Å². The van der Waals surface area contributed by atoms with Gasteiger partial charge in [0.1, 0.15) is 5.82 Å². The van der Waals surface area contributed by atoms with Crippen molar-refractivity contribution in [3.8, 4) is 0 Å². The Morgan fingerprint density at radius 1 is 1.22 bits per heavy atom. The summed E-state index contributed by atoms with van der Waals surface area (Å²) in [5.74, 6) is 0.997. The fourth-order valence-electron chi connectivity index (χ4n) is 2.18. The van der Waals surface area contributed by atoms with Gasteiger partial charge >= 0.3 is 0 Å². The van der Waals surface area contributed by atoms with E-state index in [9.17, 15) is 0 Å². The van der Waals surface area contributed by atoms with E-state index in [0.717, 1.165) is 40.4 Å². The van der Waals surface area contributed by atoms with Gasteiger partial charge in [0.25, 0.3) is 0 Å². The number of pyridine rings is 1. The van der Waals surface area contributed by atoms with Crippen LogP contribution in [0.25, 0.3) is 10.8 Å². The zero-order valence-corrected chi connectivity index (χ0v) is 11.8. The molecule has 96 valence electrons. The van der Waals surface area contributed by atoms with E-state index in [-0.39, 0.29) is 0 Å². The standard InChI is InChI=1S/C14H18ClN3/c1-4-18(5-2)14-12-8-10(15)6-7-11(12)13(16-3)9-17-14/h6-9,16H,4-5H2,1-3H3. The maximum absolute atomic E-state index is 6.11. The fourth-order valence-corrected chi connectivity index (χ4v) is 2.35. The first-order valence-corrected chi connectivity index (χ1v) is 6.60. The molecule has 0 bridgehead atoms. The van der Waals surface area contributed by atoms with E-state index in [1.807, 2.05) is 31.4 Å². The van der Waals surface area contributed by atoms with Gasteiger partial charge in [-0.1, -0.05) is 17.7 Å². The highest BCUT2D eigenvalue weighted by Crippen LogP contribution is 2.31. The minimum Gasteiger partial charge on any atom is -0.386 e. The van der Waals surface area contributed by atoms with Gasteiger partial charge in [-0.3, -0.25) is 0 Å². The number of nitrogens with zero attached hydrogens (tertiary/aromatic N) is 2. The van der Waals surface area contributed by atoms with Crippen molar-refractivity contribution in [2.45, 2.75) is 13.8 Å². The van der Waals surface area contributed by atoms with Crippen LogP contribution in [-0.4, -0.2) is 25.1 Å². The van der Waals surface area contributed by atoms with E-state index >= 15 is 0 Å². The summed E-state index contributed by atoms with van der Waals surface area (Å²) in [7, 11) is 1.90. The van der Waals surface area contributed by atoms with Gasteiger partial charge in [-0.15, -0.1) is 0 Å². The molecule has 2 aromatic rings. The lowest BCUT2D eigenvalue weighted by Crippen LogP contribution is -2.23. The Kier molecular flexibility index (Phi) is 3.92. The molecule has 0 saturated heterocycles. The number of hydrogen-bond acceptors (Lipinski definition) is 3. The van der Waals surface area contributed by atoms with Crippen molar-refractivity contribution < 1.29 is 0 Å². The van der Waals surface area contributed by atoms with Gasteiger partial charge in [-0.25, -0.2) is 4.98 Å². The highest BCUT2D eigenvalue weighted by molar-refractivity contribution is 6.31. The number of hydrogen-bond donors (Lipinski definition) is 1. The molecule has 0 aliphatic carbocycles. The lowest BCUT2D eigenvalue weighted by atomic mass is 10.1. The molecule has 0 aliphatic heterocycles. The highest BCUT2D eigenvalue weighted by Gasteiger charge is 2.11. The molecule has 0 spiro atoms. The van der Waals surface area contributed by atoms with Crippen LogP contribution in [0.15, 0.2) is 24.4 Å². The minimum atomic E-state index is 0.742. The van der Waals surface area contributed by atoms with Crippen LogP contribution in [0.3, 0.4) is 0 Å². The van der Waals surface area contributed by atoms with Crippen LogP contribution < -0.4 is 10.2 Å². The molecule has 0 radical (unpaired) electrons. The summed E-state index contributed by atoms with van der Waals surface area (Å²) in [5.41, 5.74) is 1.03. The first-order valence-electron chi connectivity index (χ1n) is 6.22. The number of anilines is 2. The fraction of sp³-hybridized carbons (Fsp3) is 0.357. The largest absolute Gasteiger partial charge is 0.386 e. The zero-order chi connectivity index (χ0) is 13.1. The molecule has 0 atom stereocenters. The number of nitrogens with one attached hydrogen (secondary N) is 1. The molecule has 4 heteroatoms. The van der Waals surface area contributed by atoms with Gasteiger partial charge in [0.15, 0.2) is 0 Å². The van der Waals surface area contributed by atoms with Gasteiger partial charge in [-0.2, -0.15) is 0 Å². The lowest BCUT2D eigenvalue weighted by Gasteiger charge is -2.22. The monoisotopic (exact) mass is 263 g/mol. The second-order valence-electron chi connectivity index (χ2n) is 4.11. The molecule has 0 aliphatic rings. The van der Waals surface area contributed by atoms with Crippen molar-refractivity contribution in [2.24, 2.45) is 0 Å². The second-order valence-corrected chi connectivity index (χ2v) is 4.54. The van der Waals surface area contributed by atoms with E-state index in [2.05, 4.69) is 29.0 Å². The number of aromatic nitrogens is 1. The van der Waals surface area contributed by atoms with Crippen LogP contribution in [0.1, 0.15) is 13.8 Å². The molecular formula is C14H18ClN3. The number of benzene rings is 1. The molecule has 0 saturated carbocycles. The van der Waals surface area contributed by atoms with Gasteiger partial charge < -0.3 is 10.2 Å². The van der Waals surface area contributed by atoms with Crippen LogP contribution in [0.5, 0.6) is 0 Å². The van der Waals surface area contributed by atoms with Crippen molar-refractivity contribution >= 4 is 33.9 Å². The molecule has 1 heterocycles. The average molecular weight is 264 g/mol. The third-order valence-corrected chi connectivity index (χ3v) is 3.40. The summed E-state index contributed by atoms with van der Waals surface area (Å²) in [6, 6.07) is 5.94. The maximum Gasteiger partial charge on any atom is 0.136 e. The molecule has 1 aromatic heterocycles. The maximum atomic E-state index is 6.11. The predicted octanol–water partition coefficient (Wildman–Crippen LogP) is 3.78. The number of rotatable bonds is 4. The smallest absolute Gasteiger partial charge is 0.136 e. The highest BCUT2D eigenvalue weighted by atomic mass is 35.5. The van der Waals surface area contributed by atoms with Crippen LogP contribution in [0.4, 0.5) is 11.5 Å². The van der Waals surface area contributed by atoms with Crippen molar-refractivity contribution in [1.29, 1.82) is 0 Å². The average Bonchev–Trinajstić information content (AvgIpc) is 2.40. The van der Waals surface area contributed by atoms with Crippen molar-refractivity contribution in [3.05, 3.63) is 29.4 Å². The summed E-state index contributed by atoms with van der Waals surface area (Å²) in [4.78, 5) is 6.80. The summed E-state index contributed by atoms with van der Waals surface area (Å²) in [5, 5.41) is 6.16. The van der Waals surface area contributed by atoms with E-state index < -0.39 is 0 Å². The Hall–Kier alpha value is -1.48. The third kappa shape index (κ3) is 2.23. The second kappa shape index (κ2) is 5.44. The van der Waals surface area contributed by atoms with Crippen molar-refractivity contribution in [1.82, 2.24) is 4.98 Å². The van der Waals surface area contributed by atoms with Gasteiger partial charge in [0, 0.05) is 35.9 Å². The molecule has 0 amide bonds. The van der Waals surface area contributed by atoms with Crippen LogP contribution in [0, 0.1) is 0 Å². The minimum absolute atomic E-state index is 0.742. The molecule has 1 aromatic carbocycles. The van der Waals surface area contributed by atoms with Gasteiger partial charge in [0.2, 0.25) is 0 Å². The summed E-state index contributed by atoms with van der Waals surface area (Å²) >= 11 is 6.11. The summed E-state index contributed by atoms with van der Waals surface area (Å²) in [6.07, 6.45) is 1.88. The predicted molar refractivity (Wildman–Crippen MR) is 79.9 cm³/mol. The van der Waals surface area contributed by atoms with Crippen molar-refractivity contribution in [3.63, 3.8) is 0 Å². The molecular weight excluding hydrogens is 246 g/mol. The quantitative estimate of drug-likeness (QED) is 0.910. The summed E-state index contributed by atoms with van der Waals surface area (Å²) < 4.78 is 0. The topological polar surface area (TPSA) is 28.2 Å². The van der Waals surface area contributed by atoms with Crippen LogP contribution >= 0.6 is 11.6 Å². The molecule has 1 N–H and O–H groups in total. The van der Waals surface area contributed by atoms with E-state index in [0.29, 0.717) is 0 Å². The number of halogens is 1. The molecule has 3 nitrogen and oxygen atoms in total. The van der Waals surface area contributed by atoms with Crippen molar-refractivity contribution in [2.75, 3.05) is 30.4 Å². The normalized spacial score (nSPS) is 10.7. The van der Waals surface area contributed by atoms with Crippen LogP contribution in [0.2, 0.25) is 5.02 Å². The lowest BCUT2D eigenvalue weighted by molar-refractivity contribution is 0.852. The third-order valence-electron chi connectivity index (χ3n) is 3.16. The van der Waals surface area contributed by atoms with Crippen LogP contribution in [-0.2, 0) is 0 Å². The van der Waals surface area contributed by atoms with E-state index in [4.69, 9.17) is 11.6 Å². The zero-order valence-electron chi connectivity index (χ0n) is 11.0. The Balaban J connectivity index is 2.71. The molecule has 18 heavy (non-hydrogen) atoms. The Bertz CT molecular complexity index is 550. The first kappa shape index (κ1) is 13.0.